The molecule has 0 unspecified atom stereocenters. The lowest BCUT2D eigenvalue weighted by Gasteiger charge is -2.15. The molecule has 5 nitrogen and oxygen atoms in total. The number of hydrogen-bond acceptors (Lipinski definition) is 4. The number of nitrogen functional groups attached to an aromatic ring is 1. The number of nitrogens with zero attached hydrogens (tertiary/aromatic N) is 1. The molecule has 3 N–H and O–H groups in total. The standard InChI is InChI=1S/C13H19N3O2S/c1-16(11-4-5-11)8-9-19(17,18)12-6-2-10(3-7-12)13(14)15/h2-3,6-7,11H,4-5,8-9H2,1H3,(H3,14,15). The van der Waals surface area contributed by atoms with Gasteiger partial charge in [-0.2, -0.15) is 0 Å². The van der Waals surface area contributed by atoms with Crippen molar-refractivity contribution in [3.63, 3.8) is 0 Å². The molecule has 1 aromatic carbocycles. The predicted molar refractivity (Wildman–Crippen MR) is 75.2 cm³/mol. The van der Waals surface area contributed by atoms with Gasteiger partial charge in [-0.25, -0.2) is 8.42 Å². The summed E-state index contributed by atoms with van der Waals surface area (Å²) in [6.07, 6.45) is 2.34. The van der Waals surface area contributed by atoms with Crippen LogP contribution in [0.3, 0.4) is 0 Å². The first-order valence-electron chi connectivity index (χ1n) is 6.27. The second-order valence-electron chi connectivity index (χ2n) is 4.97. The molecule has 0 spiro atoms. The Morgan fingerprint density at radius 2 is 1.95 bits per heavy atom. The Bertz CT molecular complexity index is 562. The molecule has 0 heterocycles. The van der Waals surface area contributed by atoms with E-state index in [1.165, 1.54) is 25.0 Å². The number of rotatable bonds is 6. The van der Waals surface area contributed by atoms with Gasteiger partial charge in [-0.15, -0.1) is 0 Å². The van der Waals surface area contributed by atoms with Gasteiger partial charge in [-0.3, -0.25) is 5.41 Å². The van der Waals surface area contributed by atoms with E-state index in [9.17, 15) is 8.42 Å². The third-order valence-electron chi connectivity index (χ3n) is 3.41. The molecule has 0 amide bonds. The molecule has 0 aliphatic heterocycles. The van der Waals surface area contributed by atoms with Crippen molar-refractivity contribution in [2.75, 3.05) is 19.3 Å². The number of hydrogen-bond donors (Lipinski definition) is 2. The fourth-order valence-electron chi connectivity index (χ4n) is 1.92. The maximum atomic E-state index is 12.1. The quantitative estimate of drug-likeness (QED) is 0.597. The van der Waals surface area contributed by atoms with Gasteiger partial charge < -0.3 is 10.6 Å². The van der Waals surface area contributed by atoms with Crippen LogP contribution in [0.15, 0.2) is 29.2 Å². The Hall–Kier alpha value is -1.40. The van der Waals surface area contributed by atoms with E-state index < -0.39 is 9.84 Å². The molecule has 1 aliphatic carbocycles. The molecular formula is C13H19N3O2S. The van der Waals surface area contributed by atoms with E-state index in [4.69, 9.17) is 11.1 Å². The van der Waals surface area contributed by atoms with E-state index in [0.717, 1.165) is 0 Å². The van der Waals surface area contributed by atoms with Crippen LogP contribution in [0.1, 0.15) is 18.4 Å². The van der Waals surface area contributed by atoms with Crippen molar-refractivity contribution in [3.8, 4) is 0 Å². The molecule has 1 aliphatic rings. The molecule has 0 radical (unpaired) electrons. The second kappa shape index (κ2) is 5.30. The Labute approximate surface area is 113 Å². The Balaban J connectivity index is 2.03. The number of benzene rings is 1. The van der Waals surface area contributed by atoms with Crippen LogP contribution in [0.25, 0.3) is 0 Å². The van der Waals surface area contributed by atoms with E-state index in [2.05, 4.69) is 4.90 Å². The Morgan fingerprint density at radius 3 is 2.42 bits per heavy atom. The number of sulfone groups is 1. The van der Waals surface area contributed by atoms with E-state index in [0.29, 0.717) is 23.0 Å². The van der Waals surface area contributed by atoms with Gasteiger partial charge in [0.25, 0.3) is 0 Å². The van der Waals surface area contributed by atoms with Gasteiger partial charge in [0.15, 0.2) is 9.84 Å². The molecule has 0 aromatic heterocycles. The highest BCUT2D eigenvalue weighted by molar-refractivity contribution is 7.91. The second-order valence-corrected chi connectivity index (χ2v) is 7.08. The number of nitrogens with two attached hydrogens (primary N) is 1. The lowest BCUT2D eigenvalue weighted by Crippen LogP contribution is -2.27. The molecule has 0 atom stereocenters. The number of amidine groups is 1. The molecule has 19 heavy (non-hydrogen) atoms. The maximum absolute atomic E-state index is 12.1. The summed E-state index contributed by atoms with van der Waals surface area (Å²) in [6.45, 7) is 0.557. The fraction of sp³-hybridized carbons (Fsp3) is 0.462. The van der Waals surface area contributed by atoms with E-state index in [1.807, 2.05) is 7.05 Å². The SMILES string of the molecule is CN(CCS(=O)(=O)c1ccc(C(=N)N)cc1)C1CC1. The zero-order valence-corrected chi connectivity index (χ0v) is 11.8. The molecular weight excluding hydrogens is 262 g/mol. The minimum absolute atomic E-state index is 0.0579. The van der Waals surface area contributed by atoms with Gasteiger partial charge in [-0.1, -0.05) is 12.1 Å². The predicted octanol–water partition coefficient (Wildman–Crippen LogP) is 0.839. The first-order chi connectivity index (χ1) is 8.90. The highest BCUT2D eigenvalue weighted by atomic mass is 32.2. The lowest BCUT2D eigenvalue weighted by atomic mass is 10.2. The van der Waals surface area contributed by atoms with Gasteiger partial charge in [0.05, 0.1) is 10.6 Å². The minimum Gasteiger partial charge on any atom is -0.384 e. The van der Waals surface area contributed by atoms with Gasteiger partial charge in [0, 0.05) is 18.2 Å². The highest BCUT2D eigenvalue weighted by Crippen LogP contribution is 2.25. The summed E-state index contributed by atoms with van der Waals surface area (Å²) in [6, 6.07) is 6.74. The van der Waals surface area contributed by atoms with Crippen molar-refractivity contribution in [1.82, 2.24) is 4.90 Å². The zero-order valence-electron chi connectivity index (χ0n) is 11.0. The van der Waals surface area contributed by atoms with Gasteiger partial charge in [0.2, 0.25) is 0 Å². The topological polar surface area (TPSA) is 87.2 Å². The molecule has 1 saturated carbocycles. The van der Waals surface area contributed by atoms with Crippen molar-refractivity contribution in [2.24, 2.45) is 5.73 Å². The highest BCUT2D eigenvalue weighted by Gasteiger charge is 2.27. The van der Waals surface area contributed by atoms with Crippen molar-refractivity contribution >= 4 is 15.7 Å². The zero-order chi connectivity index (χ0) is 14.0. The Kier molecular flexibility index (Phi) is 3.91. The summed E-state index contributed by atoms with van der Waals surface area (Å²) in [4.78, 5) is 2.39. The molecule has 0 saturated heterocycles. The van der Waals surface area contributed by atoms with Crippen LogP contribution < -0.4 is 5.73 Å². The average Bonchev–Trinajstić information content (AvgIpc) is 3.20. The van der Waals surface area contributed by atoms with Crippen LogP contribution in [0.5, 0.6) is 0 Å². The third-order valence-corrected chi connectivity index (χ3v) is 5.12. The van der Waals surface area contributed by atoms with E-state index >= 15 is 0 Å². The summed E-state index contributed by atoms with van der Waals surface area (Å²) in [5, 5.41) is 7.27. The molecule has 2 rings (SSSR count). The van der Waals surface area contributed by atoms with Crippen molar-refractivity contribution in [1.29, 1.82) is 5.41 Å². The average molecular weight is 281 g/mol. The smallest absolute Gasteiger partial charge is 0.179 e. The summed E-state index contributed by atoms with van der Waals surface area (Å²) in [5.41, 5.74) is 5.87. The van der Waals surface area contributed by atoms with Crippen molar-refractivity contribution < 1.29 is 8.42 Å². The fourth-order valence-corrected chi connectivity index (χ4v) is 3.24. The van der Waals surface area contributed by atoms with E-state index in [-0.39, 0.29) is 11.6 Å². The van der Waals surface area contributed by atoms with Crippen LogP contribution in [-0.2, 0) is 9.84 Å². The first kappa shape index (κ1) is 14.0. The summed E-state index contributed by atoms with van der Waals surface area (Å²) in [7, 11) is -1.29. The Morgan fingerprint density at radius 1 is 1.37 bits per heavy atom. The van der Waals surface area contributed by atoms with Crippen LogP contribution in [0.4, 0.5) is 0 Å². The van der Waals surface area contributed by atoms with E-state index in [1.54, 1.807) is 12.1 Å². The number of nitrogens with one attached hydrogen (secondary N) is 1. The normalized spacial score (nSPS) is 15.7. The lowest BCUT2D eigenvalue weighted by molar-refractivity contribution is 0.343. The molecule has 104 valence electrons. The van der Waals surface area contributed by atoms with Crippen molar-refractivity contribution in [3.05, 3.63) is 29.8 Å². The van der Waals surface area contributed by atoms with Crippen LogP contribution in [-0.4, -0.2) is 44.5 Å². The van der Waals surface area contributed by atoms with Crippen LogP contribution in [0, 0.1) is 5.41 Å². The largest absolute Gasteiger partial charge is 0.384 e. The monoisotopic (exact) mass is 281 g/mol. The minimum atomic E-state index is -3.26. The summed E-state index contributed by atoms with van der Waals surface area (Å²) < 4.78 is 24.3. The van der Waals surface area contributed by atoms with Gasteiger partial charge in [0.1, 0.15) is 5.84 Å². The van der Waals surface area contributed by atoms with Crippen molar-refractivity contribution in [2.45, 2.75) is 23.8 Å². The summed E-state index contributed by atoms with van der Waals surface area (Å²) in [5.74, 6) is 0.0665. The van der Waals surface area contributed by atoms with Gasteiger partial charge >= 0.3 is 0 Å². The maximum Gasteiger partial charge on any atom is 0.179 e. The first-order valence-corrected chi connectivity index (χ1v) is 7.93. The molecule has 0 bridgehead atoms. The molecule has 1 aromatic rings. The van der Waals surface area contributed by atoms with Crippen LogP contribution in [0.2, 0.25) is 0 Å². The third kappa shape index (κ3) is 3.54. The van der Waals surface area contributed by atoms with Gasteiger partial charge in [-0.05, 0) is 32.0 Å². The van der Waals surface area contributed by atoms with Crippen LogP contribution >= 0.6 is 0 Å². The summed E-state index contributed by atoms with van der Waals surface area (Å²) >= 11 is 0. The molecule has 6 heteroatoms. The molecule has 1 fully saturated rings.